The molecule has 5 heteroatoms. The van der Waals surface area contributed by atoms with E-state index in [9.17, 15) is 4.79 Å². The van der Waals surface area contributed by atoms with Gasteiger partial charge in [0.05, 0.1) is 6.26 Å². The number of hydrogen-bond donors (Lipinski definition) is 1. The van der Waals surface area contributed by atoms with Gasteiger partial charge in [-0.2, -0.15) is 0 Å². The van der Waals surface area contributed by atoms with Crippen LogP contribution in [0, 0.1) is 6.92 Å². The number of nitrogens with zero attached hydrogens (tertiary/aromatic N) is 2. The van der Waals surface area contributed by atoms with Crippen LogP contribution in [-0.4, -0.2) is 15.3 Å². The van der Waals surface area contributed by atoms with Crippen LogP contribution in [0.25, 0.3) is 16.9 Å². The third-order valence-corrected chi connectivity index (χ3v) is 3.88. The van der Waals surface area contributed by atoms with E-state index in [4.69, 9.17) is 4.42 Å². The van der Waals surface area contributed by atoms with E-state index in [-0.39, 0.29) is 5.91 Å². The number of rotatable bonds is 3. The topological polar surface area (TPSA) is 59.5 Å². The number of nitrogens with one attached hydrogen (secondary N) is 1. The summed E-state index contributed by atoms with van der Waals surface area (Å²) < 4.78 is 7.15. The summed E-state index contributed by atoms with van der Waals surface area (Å²) in [5, 5.41) is 2.94. The minimum atomic E-state index is -0.291. The van der Waals surface area contributed by atoms with Crippen LogP contribution in [0.2, 0.25) is 0 Å². The van der Waals surface area contributed by atoms with Crippen molar-refractivity contribution < 1.29 is 9.21 Å². The maximum atomic E-state index is 12.6. The van der Waals surface area contributed by atoms with Crippen molar-refractivity contribution in [3.05, 3.63) is 78.4 Å². The molecule has 5 nitrogen and oxygen atoms in total. The maximum Gasteiger partial charge on any atom is 0.292 e. The highest BCUT2D eigenvalue weighted by Crippen LogP contribution is 2.29. The van der Waals surface area contributed by atoms with Crippen LogP contribution < -0.4 is 5.32 Å². The Morgan fingerprint density at radius 3 is 2.62 bits per heavy atom. The third-order valence-electron chi connectivity index (χ3n) is 3.88. The highest BCUT2D eigenvalue weighted by atomic mass is 16.3. The lowest BCUT2D eigenvalue weighted by Gasteiger charge is -2.07. The highest BCUT2D eigenvalue weighted by Gasteiger charge is 2.19. The lowest BCUT2D eigenvalue weighted by Crippen LogP contribution is -2.14. The minimum absolute atomic E-state index is 0.291. The molecule has 1 amide bonds. The van der Waals surface area contributed by atoms with Gasteiger partial charge in [0.1, 0.15) is 17.2 Å². The second-order valence-corrected chi connectivity index (χ2v) is 5.49. The Bertz CT molecular complexity index is 1020. The zero-order valence-corrected chi connectivity index (χ0v) is 13.1. The first-order chi connectivity index (χ1) is 11.7. The van der Waals surface area contributed by atoms with Crippen LogP contribution in [0.15, 0.2) is 71.5 Å². The molecule has 0 atom stereocenters. The van der Waals surface area contributed by atoms with Crippen molar-refractivity contribution in [2.24, 2.45) is 0 Å². The average molecular weight is 317 g/mol. The molecule has 0 spiro atoms. The Balaban J connectivity index is 1.84. The Kier molecular flexibility index (Phi) is 3.39. The van der Waals surface area contributed by atoms with Gasteiger partial charge in [-0.05, 0) is 25.1 Å². The Labute approximate surface area is 138 Å². The van der Waals surface area contributed by atoms with Crippen molar-refractivity contribution in [1.29, 1.82) is 0 Å². The first-order valence-electron chi connectivity index (χ1n) is 7.62. The number of carbonyl (C=O) groups excluding carboxylic acids is 1. The molecule has 0 unspecified atom stereocenters. The van der Waals surface area contributed by atoms with E-state index in [2.05, 4.69) is 10.3 Å². The van der Waals surface area contributed by atoms with Gasteiger partial charge < -0.3 is 9.73 Å². The zero-order valence-electron chi connectivity index (χ0n) is 13.1. The van der Waals surface area contributed by atoms with E-state index < -0.39 is 0 Å². The van der Waals surface area contributed by atoms with Gasteiger partial charge in [0.25, 0.3) is 5.91 Å². The molecule has 0 bridgehead atoms. The van der Waals surface area contributed by atoms with E-state index in [0.717, 1.165) is 22.5 Å². The summed E-state index contributed by atoms with van der Waals surface area (Å²) >= 11 is 0. The van der Waals surface area contributed by atoms with Crippen LogP contribution in [0.5, 0.6) is 0 Å². The Morgan fingerprint density at radius 2 is 1.88 bits per heavy atom. The first-order valence-corrected chi connectivity index (χ1v) is 7.62. The van der Waals surface area contributed by atoms with Crippen LogP contribution in [0.4, 0.5) is 5.82 Å². The summed E-state index contributed by atoms with van der Waals surface area (Å²) in [4.78, 5) is 17.2. The van der Waals surface area contributed by atoms with Gasteiger partial charge in [0.2, 0.25) is 0 Å². The lowest BCUT2D eigenvalue weighted by molar-refractivity contribution is 0.0995. The normalized spacial score (nSPS) is 10.9. The first kappa shape index (κ1) is 14.3. The number of hydrogen-bond acceptors (Lipinski definition) is 3. The fraction of sp³-hybridized carbons (Fsp3) is 0.0526. The van der Waals surface area contributed by atoms with E-state index in [1.807, 2.05) is 66.1 Å². The van der Waals surface area contributed by atoms with E-state index in [1.54, 1.807) is 6.07 Å². The van der Waals surface area contributed by atoms with Crippen molar-refractivity contribution in [2.45, 2.75) is 6.92 Å². The van der Waals surface area contributed by atoms with Gasteiger partial charge in [0, 0.05) is 17.3 Å². The molecular formula is C19H15N3O2. The molecule has 3 heterocycles. The summed E-state index contributed by atoms with van der Waals surface area (Å²) in [5.74, 6) is 0.637. The fourth-order valence-electron chi connectivity index (χ4n) is 2.68. The van der Waals surface area contributed by atoms with Gasteiger partial charge in [-0.15, -0.1) is 0 Å². The van der Waals surface area contributed by atoms with Crippen LogP contribution in [-0.2, 0) is 0 Å². The van der Waals surface area contributed by atoms with Crippen LogP contribution >= 0.6 is 0 Å². The number of imidazole rings is 1. The number of aromatic nitrogens is 2. The van der Waals surface area contributed by atoms with Crippen LogP contribution in [0.3, 0.4) is 0 Å². The summed E-state index contributed by atoms with van der Waals surface area (Å²) in [6.07, 6.45) is 3.39. The molecule has 118 valence electrons. The van der Waals surface area contributed by atoms with Gasteiger partial charge >= 0.3 is 0 Å². The number of pyridine rings is 1. The molecule has 1 N–H and O–H groups in total. The Hall–Kier alpha value is -3.34. The minimum Gasteiger partial charge on any atom is -0.459 e. The number of furan rings is 1. The maximum absolute atomic E-state index is 12.6. The van der Waals surface area contributed by atoms with Gasteiger partial charge in [-0.25, -0.2) is 4.98 Å². The molecule has 0 radical (unpaired) electrons. The number of amides is 1. The summed E-state index contributed by atoms with van der Waals surface area (Å²) in [6, 6.07) is 17.3. The number of fused-ring (bicyclic) bond motifs is 1. The molecule has 0 saturated carbocycles. The predicted molar refractivity (Wildman–Crippen MR) is 92.0 cm³/mol. The second kappa shape index (κ2) is 5.70. The van der Waals surface area contributed by atoms with Crippen molar-refractivity contribution in [1.82, 2.24) is 9.38 Å². The standard InChI is InChI=1S/C19H15N3O2/c1-13-10-12-24-17(13)19(23)21-18-16(14-7-3-2-4-8-14)20-15-9-5-6-11-22(15)18/h2-12H,1H3,(H,21,23). The van der Waals surface area contributed by atoms with Crippen molar-refractivity contribution in [2.75, 3.05) is 5.32 Å². The quantitative estimate of drug-likeness (QED) is 0.617. The summed E-state index contributed by atoms with van der Waals surface area (Å²) in [6.45, 7) is 1.84. The summed E-state index contributed by atoms with van der Waals surface area (Å²) in [7, 11) is 0. The number of anilines is 1. The van der Waals surface area contributed by atoms with E-state index in [0.29, 0.717) is 11.6 Å². The molecule has 0 aliphatic heterocycles. The summed E-state index contributed by atoms with van der Waals surface area (Å²) in [5.41, 5.74) is 3.22. The van der Waals surface area contributed by atoms with Gasteiger partial charge in [0.15, 0.2) is 5.76 Å². The van der Waals surface area contributed by atoms with Crippen molar-refractivity contribution in [3.8, 4) is 11.3 Å². The molecule has 24 heavy (non-hydrogen) atoms. The molecule has 4 rings (SSSR count). The molecule has 0 aliphatic rings. The lowest BCUT2D eigenvalue weighted by atomic mass is 10.1. The third kappa shape index (κ3) is 2.36. The smallest absolute Gasteiger partial charge is 0.292 e. The van der Waals surface area contributed by atoms with Gasteiger partial charge in [-0.3, -0.25) is 9.20 Å². The number of carbonyl (C=O) groups is 1. The average Bonchev–Trinajstić information content (AvgIpc) is 3.20. The van der Waals surface area contributed by atoms with Crippen molar-refractivity contribution >= 4 is 17.4 Å². The van der Waals surface area contributed by atoms with Gasteiger partial charge in [-0.1, -0.05) is 36.4 Å². The molecule has 4 aromatic rings. The molecular weight excluding hydrogens is 302 g/mol. The predicted octanol–water partition coefficient (Wildman–Crippen LogP) is 4.16. The second-order valence-electron chi connectivity index (χ2n) is 5.49. The fourth-order valence-corrected chi connectivity index (χ4v) is 2.68. The molecule has 0 saturated heterocycles. The number of aryl methyl sites for hydroxylation is 1. The van der Waals surface area contributed by atoms with Crippen molar-refractivity contribution in [3.63, 3.8) is 0 Å². The number of benzene rings is 1. The molecule has 0 fully saturated rings. The SMILES string of the molecule is Cc1ccoc1C(=O)Nc1c(-c2ccccc2)nc2ccccn12. The van der Waals surface area contributed by atoms with Crippen LogP contribution in [0.1, 0.15) is 16.1 Å². The van der Waals surface area contributed by atoms with E-state index in [1.165, 1.54) is 6.26 Å². The molecule has 1 aromatic carbocycles. The largest absolute Gasteiger partial charge is 0.459 e. The Morgan fingerprint density at radius 1 is 1.08 bits per heavy atom. The monoisotopic (exact) mass is 317 g/mol. The zero-order chi connectivity index (χ0) is 16.5. The molecule has 0 aliphatic carbocycles. The van der Waals surface area contributed by atoms with E-state index >= 15 is 0 Å². The highest BCUT2D eigenvalue weighted by molar-refractivity contribution is 6.04. The molecule has 3 aromatic heterocycles.